The fourth-order valence-corrected chi connectivity index (χ4v) is 3.10. The van der Waals surface area contributed by atoms with Crippen LogP contribution in [-0.2, 0) is 4.74 Å². The number of likely N-dealkylation sites (tertiary alicyclic amines) is 1. The number of nitrogens with zero attached hydrogens (tertiary/aromatic N) is 5. The lowest BCUT2D eigenvalue weighted by atomic mass is 10.0. The number of hydrogen-bond donors (Lipinski definition) is 1. The maximum Gasteiger partial charge on any atom is 0.410 e. The van der Waals surface area contributed by atoms with Crippen molar-refractivity contribution in [3.05, 3.63) is 24.0 Å². The van der Waals surface area contributed by atoms with E-state index < -0.39 is 5.60 Å². The van der Waals surface area contributed by atoms with Crippen molar-refractivity contribution in [2.24, 2.45) is 0 Å². The number of anilines is 1. The van der Waals surface area contributed by atoms with Crippen LogP contribution in [0.2, 0.25) is 0 Å². The number of carbonyl (C=O) groups is 1. The standard InChI is InChI=1S/C18H22N6O3/c1-18(2,3)27-17(25)23-8-10(9-23)14-21-15-11-6-5-7-12(26-4)13(11)20-16(19)24(15)22-14/h5-7,10H,8-9H2,1-4H3,(H2,19,20). The summed E-state index contributed by atoms with van der Waals surface area (Å²) in [7, 11) is 1.59. The van der Waals surface area contributed by atoms with Gasteiger partial charge in [-0.3, -0.25) is 0 Å². The van der Waals surface area contributed by atoms with Crippen LogP contribution in [-0.4, -0.2) is 56.4 Å². The summed E-state index contributed by atoms with van der Waals surface area (Å²) in [5.41, 5.74) is 6.83. The van der Waals surface area contributed by atoms with Gasteiger partial charge in [0, 0.05) is 18.5 Å². The molecule has 3 heterocycles. The van der Waals surface area contributed by atoms with Gasteiger partial charge in [0.05, 0.1) is 13.0 Å². The second-order valence-corrected chi connectivity index (χ2v) is 7.61. The van der Waals surface area contributed by atoms with E-state index in [1.54, 1.807) is 12.0 Å². The highest BCUT2D eigenvalue weighted by atomic mass is 16.6. The highest BCUT2D eigenvalue weighted by Crippen LogP contribution is 2.31. The average molecular weight is 370 g/mol. The molecule has 2 N–H and O–H groups in total. The van der Waals surface area contributed by atoms with Gasteiger partial charge in [-0.15, -0.1) is 5.10 Å². The third kappa shape index (κ3) is 2.98. The van der Waals surface area contributed by atoms with Gasteiger partial charge >= 0.3 is 6.09 Å². The van der Waals surface area contributed by atoms with E-state index in [1.165, 1.54) is 4.52 Å². The van der Waals surface area contributed by atoms with Crippen LogP contribution >= 0.6 is 0 Å². The van der Waals surface area contributed by atoms with Crippen LogP contribution in [0.3, 0.4) is 0 Å². The lowest BCUT2D eigenvalue weighted by Gasteiger charge is -2.38. The van der Waals surface area contributed by atoms with Crippen molar-refractivity contribution in [2.45, 2.75) is 32.3 Å². The van der Waals surface area contributed by atoms with Crippen molar-refractivity contribution >= 4 is 28.6 Å². The first-order valence-corrected chi connectivity index (χ1v) is 8.73. The lowest BCUT2D eigenvalue weighted by molar-refractivity contribution is 0.00754. The number of ether oxygens (including phenoxy) is 2. The van der Waals surface area contributed by atoms with Crippen LogP contribution in [0.25, 0.3) is 16.6 Å². The molecule has 1 fully saturated rings. The molecule has 9 heteroatoms. The Morgan fingerprint density at radius 3 is 2.67 bits per heavy atom. The summed E-state index contributed by atoms with van der Waals surface area (Å²) in [5, 5.41) is 5.32. The Labute approximate surface area is 156 Å². The first-order chi connectivity index (χ1) is 12.8. The van der Waals surface area contributed by atoms with E-state index in [1.807, 2.05) is 39.0 Å². The van der Waals surface area contributed by atoms with Crippen LogP contribution in [0.5, 0.6) is 5.75 Å². The number of amides is 1. The minimum atomic E-state index is -0.512. The summed E-state index contributed by atoms with van der Waals surface area (Å²) >= 11 is 0. The van der Waals surface area contributed by atoms with Crippen molar-refractivity contribution in [1.82, 2.24) is 24.5 Å². The molecule has 1 saturated heterocycles. The first-order valence-electron chi connectivity index (χ1n) is 8.73. The second kappa shape index (κ2) is 5.97. The number of fused-ring (bicyclic) bond motifs is 3. The number of aromatic nitrogens is 4. The lowest BCUT2D eigenvalue weighted by Crippen LogP contribution is -2.50. The van der Waals surface area contributed by atoms with E-state index in [-0.39, 0.29) is 18.0 Å². The third-order valence-electron chi connectivity index (χ3n) is 4.43. The zero-order valence-corrected chi connectivity index (χ0v) is 15.8. The van der Waals surface area contributed by atoms with Gasteiger partial charge in [-0.25, -0.2) is 14.8 Å². The van der Waals surface area contributed by atoms with Crippen LogP contribution in [0.4, 0.5) is 10.7 Å². The number of rotatable bonds is 2. The molecule has 0 radical (unpaired) electrons. The van der Waals surface area contributed by atoms with E-state index in [4.69, 9.17) is 15.2 Å². The smallest absolute Gasteiger partial charge is 0.410 e. The number of nitrogen functional groups attached to an aromatic ring is 1. The van der Waals surface area contributed by atoms with Gasteiger partial charge in [0.1, 0.15) is 16.9 Å². The number of para-hydroxylation sites is 1. The predicted octanol–water partition coefficient (Wildman–Crippen LogP) is 2.20. The normalized spacial score (nSPS) is 15.2. The Bertz CT molecular complexity index is 1030. The largest absolute Gasteiger partial charge is 0.494 e. The number of carbonyl (C=O) groups excluding carboxylic acids is 1. The molecular formula is C18H22N6O3. The molecule has 0 bridgehead atoms. The minimum absolute atomic E-state index is 0.0393. The molecular weight excluding hydrogens is 348 g/mol. The second-order valence-electron chi connectivity index (χ2n) is 7.61. The Balaban J connectivity index is 1.63. The Hall–Kier alpha value is -3.10. The molecule has 142 valence electrons. The van der Waals surface area contributed by atoms with Crippen LogP contribution < -0.4 is 10.5 Å². The average Bonchev–Trinajstić information content (AvgIpc) is 2.97. The molecule has 0 saturated carbocycles. The van der Waals surface area contributed by atoms with Gasteiger partial charge in [0.15, 0.2) is 11.5 Å². The highest BCUT2D eigenvalue weighted by molar-refractivity contribution is 5.95. The zero-order valence-electron chi connectivity index (χ0n) is 15.8. The molecule has 3 aromatic rings. The quantitative estimate of drug-likeness (QED) is 0.737. The molecule has 1 aliphatic heterocycles. The molecule has 1 aliphatic rings. The minimum Gasteiger partial charge on any atom is -0.494 e. The van der Waals surface area contributed by atoms with Crippen molar-refractivity contribution in [1.29, 1.82) is 0 Å². The Morgan fingerprint density at radius 1 is 1.26 bits per heavy atom. The fraction of sp³-hybridized carbons (Fsp3) is 0.444. The number of methoxy groups -OCH3 is 1. The van der Waals surface area contributed by atoms with Gasteiger partial charge in [-0.1, -0.05) is 6.07 Å². The Morgan fingerprint density at radius 2 is 2.00 bits per heavy atom. The predicted molar refractivity (Wildman–Crippen MR) is 99.8 cm³/mol. The topological polar surface area (TPSA) is 108 Å². The molecule has 0 aliphatic carbocycles. The van der Waals surface area contributed by atoms with E-state index in [0.29, 0.717) is 35.8 Å². The molecule has 0 atom stereocenters. The molecule has 2 aromatic heterocycles. The van der Waals surface area contributed by atoms with E-state index >= 15 is 0 Å². The molecule has 0 unspecified atom stereocenters. The summed E-state index contributed by atoms with van der Waals surface area (Å²) in [4.78, 5) is 22.8. The van der Waals surface area contributed by atoms with Crippen LogP contribution in [0, 0.1) is 0 Å². The SMILES string of the molecule is COc1cccc2c1nc(N)n1nc(C3CN(C(=O)OC(C)(C)C)C3)nc21. The number of benzene rings is 1. The molecule has 1 aromatic carbocycles. The number of nitrogens with two attached hydrogens (primary N) is 1. The van der Waals surface area contributed by atoms with Crippen LogP contribution in [0.1, 0.15) is 32.5 Å². The molecule has 1 amide bonds. The van der Waals surface area contributed by atoms with Crippen molar-refractivity contribution in [3.63, 3.8) is 0 Å². The first kappa shape index (κ1) is 17.3. The van der Waals surface area contributed by atoms with Gasteiger partial charge in [0.2, 0.25) is 5.95 Å². The van der Waals surface area contributed by atoms with Gasteiger partial charge in [-0.05, 0) is 32.9 Å². The zero-order chi connectivity index (χ0) is 19.3. The van der Waals surface area contributed by atoms with Gasteiger partial charge in [-0.2, -0.15) is 4.52 Å². The summed E-state index contributed by atoms with van der Waals surface area (Å²) in [6, 6.07) is 5.61. The van der Waals surface area contributed by atoms with E-state index in [2.05, 4.69) is 15.1 Å². The van der Waals surface area contributed by atoms with E-state index in [9.17, 15) is 4.79 Å². The van der Waals surface area contributed by atoms with Crippen LogP contribution in [0.15, 0.2) is 18.2 Å². The maximum absolute atomic E-state index is 12.1. The van der Waals surface area contributed by atoms with Crippen molar-refractivity contribution in [2.75, 3.05) is 25.9 Å². The Kier molecular flexibility index (Phi) is 3.83. The van der Waals surface area contributed by atoms with Gasteiger partial charge in [0.25, 0.3) is 0 Å². The van der Waals surface area contributed by atoms with E-state index in [0.717, 1.165) is 5.39 Å². The summed E-state index contributed by atoms with van der Waals surface area (Å²) in [5.74, 6) is 1.55. The summed E-state index contributed by atoms with van der Waals surface area (Å²) in [6.45, 7) is 6.57. The molecule has 9 nitrogen and oxygen atoms in total. The van der Waals surface area contributed by atoms with Crippen molar-refractivity contribution < 1.29 is 14.3 Å². The summed E-state index contributed by atoms with van der Waals surface area (Å²) in [6.07, 6.45) is -0.320. The summed E-state index contributed by atoms with van der Waals surface area (Å²) < 4.78 is 12.3. The fourth-order valence-electron chi connectivity index (χ4n) is 3.10. The monoisotopic (exact) mass is 370 g/mol. The molecule has 27 heavy (non-hydrogen) atoms. The van der Waals surface area contributed by atoms with Crippen molar-refractivity contribution in [3.8, 4) is 5.75 Å². The van der Waals surface area contributed by atoms with Gasteiger partial charge < -0.3 is 20.1 Å². The maximum atomic E-state index is 12.1. The highest BCUT2D eigenvalue weighted by Gasteiger charge is 2.37. The molecule has 0 spiro atoms. The third-order valence-corrected chi connectivity index (χ3v) is 4.43. The number of hydrogen-bond acceptors (Lipinski definition) is 7. The molecule has 4 rings (SSSR count).